The van der Waals surface area contributed by atoms with Crippen LogP contribution in [-0.4, -0.2) is 43.8 Å². The molecule has 0 radical (unpaired) electrons. The van der Waals surface area contributed by atoms with E-state index in [0.717, 1.165) is 44.6 Å². The van der Waals surface area contributed by atoms with E-state index in [1.807, 2.05) is 30.9 Å². The molecule has 0 N–H and O–H groups in total. The molecule has 4 rings (SSSR count). The van der Waals surface area contributed by atoms with Gasteiger partial charge in [0.05, 0.1) is 0 Å². The second-order valence-corrected chi connectivity index (χ2v) is 9.63. The fraction of sp³-hybridized carbons (Fsp3) is 0.318. The molecule has 3 aromatic rings. The van der Waals surface area contributed by atoms with E-state index in [9.17, 15) is 22.0 Å². The Kier molecular flexibility index (Phi) is 5.67. The van der Waals surface area contributed by atoms with E-state index >= 15 is 0 Å². The van der Waals surface area contributed by atoms with E-state index in [1.165, 1.54) is 6.07 Å². The van der Waals surface area contributed by atoms with Crippen molar-refractivity contribution in [3.05, 3.63) is 75.1 Å². The van der Waals surface area contributed by atoms with Crippen molar-refractivity contribution >= 4 is 21.0 Å². The molecule has 1 aliphatic heterocycles. The van der Waals surface area contributed by atoms with Crippen LogP contribution < -0.4 is 5.63 Å². The third-order valence-corrected chi connectivity index (χ3v) is 7.64. The van der Waals surface area contributed by atoms with Crippen LogP contribution in [0, 0.1) is 25.5 Å². The number of benzene rings is 2. The second kappa shape index (κ2) is 8.14. The van der Waals surface area contributed by atoms with Gasteiger partial charge in [0.2, 0.25) is 10.0 Å². The molecule has 1 aromatic heterocycles. The summed E-state index contributed by atoms with van der Waals surface area (Å²) >= 11 is 0. The summed E-state index contributed by atoms with van der Waals surface area (Å²) in [5, 5.41) is 0.839. The van der Waals surface area contributed by atoms with E-state index in [2.05, 4.69) is 0 Å². The highest BCUT2D eigenvalue weighted by Crippen LogP contribution is 2.26. The average Bonchev–Trinajstić information content (AvgIpc) is 2.69. The summed E-state index contributed by atoms with van der Waals surface area (Å²) in [6.07, 6.45) is 0. The Hall–Kier alpha value is -2.62. The molecule has 1 aliphatic rings. The molecule has 0 unspecified atom stereocenters. The van der Waals surface area contributed by atoms with Crippen molar-refractivity contribution in [1.82, 2.24) is 9.21 Å². The Labute approximate surface area is 178 Å². The molecule has 0 bridgehead atoms. The third kappa shape index (κ3) is 4.13. The van der Waals surface area contributed by atoms with Crippen molar-refractivity contribution in [2.45, 2.75) is 25.3 Å². The van der Waals surface area contributed by atoms with Crippen molar-refractivity contribution in [3.63, 3.8) is 0 Å². The molecule has 0 spiro atoms. The first-order valence-electron chi connectivity index (χ1n) is 9.87. The van der Waals surface area contributed by atoms with Crippen LogP contribution in [0.25, 0.3) is 11.0 Å². The number of aryl methyl sites for hydroxylation is 2. The Morgan fingerprint density at radius 2 is 1.58 bits per heavy atom. The quantitative estimate of drug-likeness (QED) is 0.574. The second-order valence-electron chi connectivity index (χ2n) is 7.75. The van der Waals surface area contributed by atoms with Crippen LogP contribution in [0.4, 0.5) is 8.78 Å². The first kappa shape index (κ1) is 21.6. The highest BCUT2D eigenvalue weighted by atomic mass is 32.2. The minimum Gasteiger partial charge on any atom is -0.423 e. The highest BCUT2D eigenvalue weighted by Gasteiger charge is 2.33. The maximum atomic E-state index is 14.0. The summed E-state index contributed by atoms with van der Waals surface area (Å²) < 4.78 is 60.0. The fourth-order valence-electron chi connectivity index (χ4n) is 3.84. The Morgan fingerprint density at radius 3 is 2.23 bits per heavy atom. The monoisotopic (exact) mass is 448 g/mol. The molecular formula is C22H22F2N2O4S. The number of hydrogen-bond donors (Lipinski definition) is 0. The first-order valence-corrected chi connectivity index (χ1v) is 11.3. The lowest BCUT2D eigenvalue weighted by atomic mass is 10.0. The van der Waals surface area contributed by atoms with Gasteiger partial charge >= 0.3 is 5.63 Å². The molecule has 9 heteroatoms. The van der Waals surface area contributed by atoms with Gasteiger partial charge in [-0.15, -0.1) is 0 Å². The van der Waals surface area contributed by atoms with Crippen LogP contribution in [0.1, 0.15) is 16.7 Å². The third-order valence-electron chi connectivity index (χ3n) is 5.69. The smallest absolute Gasteiger partial charge is 0.336 e. The topological polar surface area (TPSA) is 70.8 Å². The Bertz CT molecular complexity index is 1290. The van der Waals surface area contributed by atoms with Crippen LogP contribution in [0.15, 0.2) is 50.5 Å². The predicted molar refractivity (Wildman–Crippen MR) is 112 cm³/mol. The number of rotatable bonds is 4. The largest absolute Gasteiger partial charge is 0.423 e. The lowest BCUT2D eigenvalue weighted by molar-refractivity contribution is 0.181. The van der Waals surface area contributed by atoms with Gasteiger partial charge in [-0.05, 0) is 54.8 Å². The van der Waals surface area contributed by atoms with E-state index in [4.69, 9.17) is 4.42 Å². The summed E-state index contributed by atoms with van der Waals surface area (Å²) in [5.74, 6) is -2.20. The summed E-state index contributed by atoms with van der Waals surface area (Å²) in [6, 6.07) is 8.26. The van der Waals surface area contributed by atoms with Crippen molar-refractivity contribution < 1.29 is 21.6 Å². The number of halogens is 2. The van der Waals surface area contributed by atoms with Gasteiger partial charge in [0.15, 0.2) is 4.90 Å². The zero-order valence-corrected chi connectivity index (χ0v) is 18.0. The molecule has 0 atom stereocenters. The molecule has 1 fully saturated rings. The number of sulfonamides is 1. The predicted octanol–water partition coefficient (Wildman–Crippen LogP) is 3.19. The van der Waals surface area contributed by atoms with Gasteiger partial charge in [-0.1, -0.05) is 6.07 Å². The number of nitrogens with zero attached hydrogens (tertiary/aromatic N) is 2. The van der Waals surface area contributed by atoms with Gasteiger partial charge in [-0.25, -0.2) is 22.0 Å². The normalized spacial score (nSPS) is 16.1. The van der Waals surface area contributed by atoms with Crippen molar-refractivity contribution in [1.29, 1.82) is 0 Å². The summed E-state index contributed by atoms with van der Waals surface area (Å²) in [5.41, 5.74) is 2.96. The Morgan fingerprint density at radius 1 is 0.968 bits per heavy atom. The van der Waals surface area contributed by atoms with E-state index in [1.54, 1.807) is 0 Å². The van der Waals surface area contributed by atoms with Crippen LogP contribution in [-0.2, 0) is 16.6 Å². The molecule has 0 saturated carbocycles. The number of hydrogen-bond acceptors (Lipinski definition) is 5. The minimum absolute atomic E-state index is 0.0909. The number of fused-ring (bicyclic) bond motifs is 1. The molecule has 2 aromatic carbocycles. The Balaban J connectivity index is 1.54. The lowest BCUT2D eigenvalue weighted by Crippen LogP contribution is -2.48. The molecular weight excluding hydrogens is 426 g/mol. The molecule has 1 saturated heterocycles. The van der Waals surface area contributed by atoms with E-state index in [-0.39, 0.29) is 13.1 Å². The van der Waals surface area contributed by atoms with Gasteiger partial charge in [0.1, 0.15) is 17.2 Å². The molecule has 2 heterocycles. The van der Waals surface area contributed by atoms with Crippen LogP contribution in [0.5, 0.6) is 0 Å². The first-order chi connectivity index (χ1) is 14.7. The van der Waals surface area contributed by atoms with E-state index in [0.29, 0.717) is 25.2 Å². The maximum Gasteiger partial charge on any atom is 0.336 e. The highest BCUT2D eigenvalue weighted by molar-refractivity contribution is 7.89. The SMILES string of the molecule is Cc1cc2oc(=O)cc(CN3CCN(S(=O)(=O)c4c(F)cccc4F)CC3)c2cc1C. The van der Waals surface area contributed by atoms with Gasteiger partial charge in [0, 0.05) is 44.2 Å². The molecule has 0 amide bonds. The minimum atomic E-state index is -4.28. The van der Waals surface area contributed by atoms with Gasteiger partial charge < -0.3 is 4.42 Å². The van der Waals surface area contributed by atoms with Crippen molar-refractivity contribution in [2.24, 2.45) is 0 Å². The fourth-order valence-corrected chi connectivity index (χ4v) is 5.37. The summed E-state index contributed by atoms with van der Waals surface area (Å²) in [4.78, 5) is 13.1. The molecule has 6 nitrogen and oxygen atoms in total. The van der Waals surface area contributed by atoms with E-state index < -0.39 is 32.2 Å². The summed E-state index contributed by atoms with van der Waals surface area (Å²) in [6.45, 7) is 5.27. The lowest BCUT2D eigenvalue weighted by Gasteiger charge is -2.34. The number of piperazine rings is 1. The zero-order chi connectivity index (χ0) is 22.3. The van der Waals surface area contributed by atoms with Gasteiger partial charge in [-0.2, -0.15) is 4.31 Å². The van der Waals surface area contributed by atoms with Gasteiger partial charge in [0.25, 0.3) is 0 Å². The van der Waals surface area contributed by atoms with Crippen LogP contribution in [0.3, 0.4) is 0 Å². The zero-order valence-electron chi connectivity index (χ0n) is 17.2. The van der Waals surface area contributed by atoms with Crippen LogP contribution in [0.2, 0.25) is 0 Å². The van der Waals surface area contributed by atoms with Crippen molar-refractivity contribution in [3.8, 4) is 0 Å². The average molecular weight is 448 g/mol. The maximum absolute atomic E-state index is 14.0. The summed E-state index contributed by atoms with van der Waals surface area (Å²) in [7, 11) is -4.28. The van der Waals surface area contributed by atoms with Crippen molar-refractivity contribution in [2.75, 3.05) is 26.2 Å². The molecule has 31 heavy (non-hydrogen) atoms. The molecule has 164 valence electrons. The molecule has 0 aliphatic carbocycles. The standard InChI is InChI=1S/C22H22F2N2O4S/c1-14-10-17-16(12-21(27)30-20(17)11-15(14)2)13-25-6-8-26(9-7-25)31(28,29)22-18(23)4-3-5-19(22)24/h3-5,10-12H,6-9,13H2,1-2H3. The van der Waals surface area contributed by atoms with Gasteiger partial charge in [-0.3, -0.25) is 4.90 Å². The van der Waals surface area contributed by atoms with Crippen LogP contribution >= 0.6 is 0 Å².